The van der Waals surface area contributed by atoms with E-state index in [-0.39, 0.29) is 12.5 Å². The van der Waals surface area contributed by atoms with Crippen LogP contribution in [0.4, 0.5) is 5.00 Å². The molecule has 29 heavy (non-hydrogen) atoms. The van der Waals surface area contributed by atoms with Crippen LogP contribution in [0.25, 0.3) is 0 Å². The second-order valence-corrected chi connectivity index (χ2v) is 8.26. The van der Waals surface area contributed by atoms with Crippen LogP contribution >= 0.6 is 11.3 Å². The molecule has 6 nitrogen and oxygen atoms in total. The molecule has 0 aliphatic heterocycles. The Balaban J connectivity index is 1.51. The van der Waals surface area contributed by atoms with E-state index in [1.807, 2.05) is 30.3 Å². The summed E-state index contributed by atoms with van der Waals surface area (Å²) in [5.74, 6) is 0.172. The third-order valence-electron chi connectivity index (χ3n) is 5.21. The summed E-state index contributed by atoms with van der Waals surface area (Å²) < 4.78 is 1.64. The number of amides is 1. The van der Waals surface area contributed by atoms with Crippen molar-refractivity contribution in [2.45, 2.75) is 44.8 Å². The van der Waals surface area contributed by atoms with Crippen molar-refractivity contribution in [3.05, 3.63) is 70.1 Å². The summed E-state index contributed by atoms with van der Waals surface area (Å²) in [5, 5.41) is 23.8. The van der Waals surface area contributed by atoms with Crippen LogP contribution in [0.3, 0.4) is 0 Å². The molecule has 2 heterocycles. The van der Waals surface area contributed by atoms with Gasteiger partial charge in [-0.2, -0.15) is 5.26 Å². The monoisotopic (exact) mass is 406 g/mol. The van der Waals surface area contributed by atoms with Gasteiger partial charge in [-0.15, -0.1) is 11.3 Å². The fraction of sp³-hybridized carbons (Fsp3) is 0.318. The minimum atomic E-state index is -0.911. The SMILES string of the molecule is N#Cc1c(NC(=O)Cn2ccnc2[C@@H](O)c2ccccc2)sc2c1CCCCC2. The first kappa shape index (κ1) is 19.4. The maximum atomic E-state index is 12.7. The van der Waals surface area contributed by atoms with Gasteiger partial charge in [0.2, 0.25) is 5.91 Å². The van der Waals surface area contributed by atoms with Gasteiger partial charge in [-0.25, -0.2) is 4.98 Å². The summed E-state index contributed by atoms with van der Waals surface area (Å²) >= 11 is 1.52. The molecule has 0 bridgehead atoms. The van der Waals surface area contributed by atoms with Gasteiger partial charge in [0.1, 0.15) is 29.5 Å². The Kier molecular flexibility index (Phi) is 5.74. The van der Waals surface area contributed by atoms with Gasteiger partial charge in [-0.3, -0.25) is 4.79 Å². The van der Waals surface area contributed by atoms with Crippen molar-refractivity contribution in [1.82, 2.24) is 9.55 Å². The van der Waals surface area contributed by atoms with Crippen molar-refractivity contribution in [1.29, 1.82) is 5.26 Å². The van der Waals surface area contributed by atoms with E-state index in [1.54, 1.807) is 17.0 Å². The number of nitrogens with zero attached hydrogens (tertiary/aromatic N) is 3. The number of nitrogens with one attached hydrogen (secondary N) is 1. The summed E-state index contributed by atoms with van der Waals surface area (Å²) in [5.41, 5.74) is 2.43. The molecule has 2 aromatic heterocycles. The molecule has 0 spiro atoms. The summed E-state index contributed by atoms with van der Waals surface area (Å²) in [4.78, 5) is 18.1. The molecular weight excluding hydrogens is 384 g/mol. The fourth-order valence-corrected chi connectivity index (χ4v) is 5.01. The first-order valence-corrected chi connectivity index (χ1v) is 10.6. The topological polar surface area (TPSA) is 90.9 Å². The van der Waals surface area contributed by atoms with Gasteiger partial charge in [0.05, 0.1) is 5.56 Å². The number of imidazole rings is 1. The largest absolute Gasteiger partial charge is 0.380 e. The highest BCUT2D eigenvalue weighted by Crippen LogP contribution is 2.37. The van der Waals surface area contributed by atoms with E-state index in [9.17, 15) is 15.2 Å². The molecule has 4 rings (SSSR count). The molecule has 0 unspecified atom stereocenters. The van der Waals surface area contributed by atoms with E-state index >= 15 is 0 Å². The molecule has 1 aromatic carbocycles. The van der Waals surface area contributed by atoms with Crippen LogP contribution in [0.1, 0.15) is 52.8 Å². The van der Waals surface area contributed by atoms with Crippen LogP contribution < -0.4 is 5.32 Å². The quantitative estimate of drug-likeness (QED) is 0.631. The number of carbonyl (C=O) groups is 1. The number of hydrogen-bond acceptors (Lipinski definition) is 5. The highest BCUT2D eigenvalue weighted by molar-refractivity contribution is 7.16. The Morgan fingerprint density at radius 1 is 1.28 bits per heavy atom. The van der Waals surface area contributed by atoms with E-state index in [4.69, 9.17) is 0 Å². The number of aryl methyl sites for hydroxylation is 1. The molecule has 1 aliphatic rings. The van der Waals surface area contributed by atoms with Gasteiger partial charge in [-0.05, 0) is 36.8 Å². The van der Waals surface area contributed by atoms with Gasteiger partial charge in [-0.1, -0.05) is 36.8 Å². The Hall–Kier alpha value is -2.95. The van der Waals surface area contributed by atoms with Gasteiger partial charge in [0.15, 0.2) is 0 Å². The van der Waals surface area contributed by atoms with E-state index in [0.717, 1.165) is 31.2 Å². The molecule has 0 saturated heterocycles. The van der Waals surface area contributed by atoms with Gasteiger partial charge >= 0.3 is 0 Å². The number of aromatic nitrogens is 2. The molecule has 0 radical (unpaired) electrons. The van der Waals surface area contributed by atoms with Crippen molar-refractivity contribution in [2.24, 2.45) is 0 Å². The number of aliphatic hydroxyl groups is 1. The second-order valence-electron chi connectivity index (χ2n) is 7.16. The van der Waals surface area contributed by atoms with Crippen LogP contribution in [0, 0.1) is 11.3 Å². The molecule has 148 valence electrons. The second kappa shape index (κ2) is 8.60. The standard InChI is InChI=1S/C22H22N4O2S/c23-13-17-16-9-5-2-6-10-18(16)29-22(17)25-19(27)14-26-12-11-24-21(26)20(28)15-7-3-1-4-8-15/h1,3-4,7-8,11-12,20,28H,2,5-6,9-10,14H2,(H,25,27)/t20-/m0/s1. The number of benzene rings is 1. The summed E-state index contributed by atoms with van der Waals surface area (Å²) in [6, 6.07) is 11.5. The van der Waals surface area contributed by atoms with Crippen LogP contribution in [0.15, 0.2) is 42.7 Å². The number of aliphatic hydroxyl groups excluding tert-OH is 1. The van der Waals surface area contributed by atoms with Crippen molar-refractivity contribution in [3.8, 4) is 6.07 Å². The molecule has 7 heteroatoms. The summed E-state index contributed by atoms with van der Waals surface area (Å²) in [6.45, 7) is 0.0205. The van der Waals surface area contributed by atoms with Crippen molar-refractivity contribution in [2.75, 3.05) is 5.32 Å². The molecule has 2 N–H and O–H groups in total. The van der Waals surface area contributed by atoms with E-state index in [0.29, 0.717) is 22.0 Å². The number of anilines is 1. The van der Waals surface area contributed by atoms with Gasteiger partial charge in [0.25, 0.3) is 0 Å². The smallest absolute Gasteiger partial charge is 0.244 e. The minimum absolute atomic E-state index is 0.0205. The fourth-order valence-electron chi connectivity index (χ4n) is 3.76. The summed E-state index contributed by atoms with van der Waals surface area (Å²) in [6.07, 6.45) is 7.61. The molecule has 1 atom stereocenters. The lowest BCUT2D eigenvalue weighted by atomic mass is 10.1. The third-order valence-corrected chi connectivity index (χ3v) is 6.41. The number of thiophene rings is 1. The van der Waals surface area contributed by atoms with Crippen LogP contribution in [0.5, 0.6) is 0 Å². The van der Waals surface area contributed by atoms with Crippen molar-refractivity contribution < 1.29 is 9.90 Å². The van der Waals surface area contributed by atoms with Crippen molar-refractivity contribution in [3.63, 3.8) is 0 Å². The van der Waals surface area contributed by atoms with E-state index in [1.165, 1.54) is 22.6 Å². The predicted octanol–water partition coefficient (Wildman–Crippen LogP) is 3.81. The Labute approximate surface area is 173 Å². The maximum absolute atomic E-state index is 12.7. The molecular formula is C22H22N4O2S. The average Bonchev–Trinajstić information content (AvgIpc) is 3.24. The Morgan fingerprint density at radius 2 is 2.07 bits per heavy atom. The molecule has 0 fully saturated rings. The van der Waals surface area contributed by atoms with E-state index in [2.05, 4.69) is 16.4 Å². The molecule has 3 aromatic rings. The van der Waals surface area contributed by atoms with Crippen LogP contribution in [-0.2, 0) is 24.2 Å². The lowest BCUT2D eigenvalue weighted by Crippen LogP contribution is -2.21. The number of nitriles is 1. The van der Waals surface area contributed by atoms with Gasteiger partial charge in [0, 0.05) is 17.3 Å². The molecule has 0 saturated carbocycles. The zero-order chi connectivity index (χ0) is 20.2. The minimum Gasteiger partial charge on any atom is -0.380 e. The zero-order valence-corrected chi connectivity index (χ0v) is 16.8. The van der Waals surface area contributed by atoms with Gasteiger partial charge < -0.3 is 15.0 Å². The van der Waals surface area contributed by atoms with Crippen LogP contribution in [0.2, 0.25) is 0 Å². The average molecular weight is 407 g/mol. The van der Waals surface area contributed by atoms with Crippen molar-refractivity contribution >= 4 is 22.2 Å². The maximum Gasteiger partial charge on any atom is 0.244 e. The number of hydrogen-bond donors (Lipinski definition) is 2. The number of carbonyl (C=O) groups excluding carboxylic acids is 1. The predicted molar refractivity (Wildman–Crippen MR) is 112 cm³/mol. The Bertz CT molecular complexity index is 1050. The lowest BCUT2D eigenvalue weighted by Gasteiger charge is -2.13. The number of fused-ring (bicyclic) bond motifs is 1. The first-order chi connectivity index (χ1) is 14.2. The highest BCUT2D eigenvalue weighted by Gasteiger charge is 2.22. The molecule has 1 aliphatic carbocycles. The third kappa shape index (κ3) is 4.09. The lowest BCUT2D eigenvalue weighted by molar-refractivity contribution is -0.116. The Morgan fingerprint density at radius 3 is 2.86 bits per heavy atom. The first-order valence-electron chi connectivity index (χ1n) is 9.76. The summed E-state index contributed by atoms with van der Waals surface area (Å²) in [7, 11) is 0. The number of rotatable bonds is 5. The van der Waals surface area contributed by atoms with E-state index < -0.39 is 6.10 Å². The zero-order valence-electron chi connectivity index (χ0n) is 16.0. The normalized spacial score (nSPS) is 14.5. The highest BCUT2D eigenvalue weighted by atomic mass is 32.1. The molecule has 1 amide bonds. The van der Waals surface area contributed by atoms with Crippen LogP contribution in [-0.4, -0.2) is 20.6 Å².